The molecule has 2 aliphatic heterocycles. The first-order valence-electron chi connectivity index (χ1n) is 9.77. The Bertz CT molecular complexity index is 783. The molecule has 0 unspecified atom stereocenters. The van der Waals surface area contributed by atoms with Crippen LogP contribution >= 0.6 is 0 Å². The summed E-state index contributed by atoms with van der Waals surface area (Å²) in [6, 6.07) is 10.7. The molecule has 0 radical (unpaired) electrons. The van der Waals surface area contributed by atoms with Gasteiger partial charge in [-0.1, -0.05) is 12.1 Å². The van der Waals surface area contributed by atoms with Crippen LogP contribution < -0.4 is 9.64 Å². The predicted molar refractivity (Wildman–Crippen MR) is 106 cm³/mol. The molecule has 1 aromatic heterocycles. The van der Waals surface area contributed by atoms with Gasteiger partial charge in [-0.2, -0.15) is 0 Å². The lowest BCUT2D eigenvalue weighted by Gasteiger charge is -2.39. The maximum Gasteiger partial charge on any atom is 0.128 e. The molecule has 2 atom stereocenters. The van der Waals surface area contributed by atoms with Gasteiger partial charge in [0, 0.05) is 69.7 Å². The van der Waals surface area contributed by atoms with Gasteiger partial charge < -0.3 is 14.7 Å². The highest BCUT2D eigenvalue weighted by atomic mass is 19.1. The number of methoxy groups -OCH3 is 1. The van der Waals surface area contributed by atoms with Crippen molar-refractivity contribution in [3.8, 4) is 5.75 Å². The minimum Gasteiger partial charge on any atom is -0.496 e. The summed E-state index contributed by atoms with van der Waals surface area (Å²) in [4.78, 5) is 11.3. The van der Waals surface area contributed by atoms with E-state index in [1.54, 1.807) is 13.2 Å². The van der Waals surface area contributed by atoms with Gasteiger partial charge in [0.05, 0.1) is 13.2 Å². The van der Waals surface area contributed by atoms with Crippen LogP contribution in [0.2, 0.25) is 0 Å². The number of β-amino-alcohol motifs (C(OH)–C–C–N with tert-alkyl or cyclic N) is 1. The van der Waals surface area contributed by atoms with E-state index in [4.69, 9.17) is 4.74 Å². The second-order valence-electron chi connectivity index (χ2n) is 7.50. The maximum absolute atomic E-state index is 13.4. The zero-order chi connectivity index (χ0) is 19.5. The van der Waals surface area contributed by atoms with E-state index in [0.29, 0.717) is 18.8 Å². The van der Waals surface area contributed by atoms with Crippen LogP contribution in [0.3, 0.4) is 0 Å². The summed E-state index contributed by atoms with van der Waals surface area (Å²) in [5, 5.41) is 10.6. The van der Waals surface area contributed by atoms with Crippen molar-refractivity contribution in [1.82, 2.24) is 14.8 Å². The third-order valence-corrected chi connectivity index (χ3v) is 5.73. The zero-order valence-corrected chi connectivity index (χ0v) is 16.2. The first-order chi connectivity index (χ1) is 13.6. The molecule has 2 aromatic rings. The van der Waals surface area contributed by atoms with Gasteiger partial charge in [-0.25, -0.2) is 9.37 Å². The Kier molecular flexibility index (Phi) is 5.75. The van der Waals surface area contributed by atoms with Crippen molar-refractivity contribution >= 4 is 5.82 Å². The van der Waals surface area contributed by atoms with Crippen LogP contribution in [0.15, 0.2) is 42.6 Å². The van der Waals surface area contributed by atoms with Gasteiger partial charge in [0.1, 0.15) is 17.4 Å². The van der Waals surface area contributed by atoms with E-state index in [1.807, 2.05) is 24.4 Å². The minimum absolute atomic E-state index is 0.123. The fourth-order valence-corrected chi connectivity index (χ4v) is 4.25. The van der Waals surface area contributed by atoms with E-state index < -0.39 is 0 Å². The summed E-state index contributed by atoms with van der Waals surface area (Å²) in [6.45, 7) is 5.69. The molecule has 28 heavy (non-hydrogen) atoms. The Labute approximate surface area is 165 Å². The fourth-order valence-electron chi connectivity index (χ4n) is 4.25. The highest BCUT2D eigenvalue weighted by Crippen LogP contribution is 2.25. The standard InChI is InChI=1S/C21H27FN4O2/c1-28-20-12-17(22)6-5-16(20)13-24-14-18(19(27)15-24)25-8-10-26(11-9-25)21-4-2-3-7-23-21/h2-7,12,18-19,27H,8-11,13-15H2,1H3/t18-,19-/m0/s1. The van der Waals surface area contributed by atoms with Gasteiger partial charge in [-0.05, 0) is 18.2 Å². The molecule has 0 saturated carbocycles. The summed E-state index contributed by atoms with van der Waals surface area (Å²) in [5.74, 6) is 1.27. The molecular formula is C21H27FN4O2. The first kappa shape index (κ1) is 19.1. The average Bonchev–Trinajstić information content (AvgIpc) is 3.10. The smallest absolute Gasteiger partial charge is 0.128 e. The van der Waals surface area contributed by atoms with Crippen molar-refractivity contribution in [2.24, 2.45) is 0 Å². The molecule has 2 aliphatic rings. The second kappa shape index (κ2) is 8.43. The van der Waals surface area contributed by atoms with E-state index in [9.17, 15) is 9.50 Å². The number of rotatable bonds is 5. The summed E-state index contributed by atoms with van der Waals surface area (Å²) >= 11 is 0. The first-order valence-corrected chi connectivity index (χ1v) is 9.77. The number of aliphatic hydroxyl groups excluding tert-OH is 1. The molecule has 6 nitrogen and oxygen atoms in total. The van der Waals surface area contributed by atoms with E-state index in [0.717, 1.165) is 44.1 Å². The molecule has 4 rings (SSSR count). The Morgan fingerprint density at radius 1 is 1.14 bits per heavy atom. The normalized spacial score (nSPS) is 23.9. The fraction of sp³-hybridized carbons (Fsp3) is 0.476. The predicted octanol–water partition coefficient (Wildman–Crippen LogP) is 1.60. The molecule has 7 heteroatoms. The Hall–Kier alpha value is -2.22. The molecule has 150 valence electrons. The number of nitrogens with zero attached hydrogens (tertiary/aromatic N) is 4. The monoisotopic (exact) mass is 386 g/mol. The van der Waals surface area contributed by atoms with Gasteiger partial charge in [0.25, 0.3) is 0 Å². The number of anilines is 1. The quantitative estimate of drug-likeness (QED) is 0.843. The highest BCUT2D eigenvalue weighted by molar-refractivity contribution is 5.38. The van der Waals surface area contributed by atoms with E-state index in [1.165, 1.54) is 12.1 Å². The lowest BCUT2D eigenvalue weighted by molar-refractivity contribution is 0.0790. The van der Waals surface area contributed by atoms with Gasteiger partial charge in [-0.3, -0.25) is 9.80 Å². The zero-order valence-electron chi connectivity index (χ0n) is 16.2. The number of piperazine rings is 1. The van der Waals surface area contributed by atoms with Crippen molar-refractivity contribution in [3.63, 3.8) is 0 Å². The number of benzene rings is 1. The van der Waals surface area contributed by atoms with E-state index >= 15 is 0 Å². The molecule has 1 N–H and O–H groups in total. The van der Waals surface area contributed by atoms with E-state index in [-0.39, 0.29) is 18.0 Å². The molecular weight excluding hydrogens is 359 g/mol. The van der Waals surface area contributed by atoms with Gasteiger partial charge in [-0.15, -0.1) is 0 Å². The number of ether oxygens (including phenoxy) is 1. The summed E-state index contributed by atoms with van der Waals surface area (Å²) in [5.41, 5.74) is 0.941. The van der Waals surface area contributed by atoms with Crippen LogP contribution in [0.25, 0.3) is 0 Å². The van der Waals surface area contributed by atoms with Crippen LogP contribution in [-0.4, -0.2) is 78.4 Å². The molecule has 0 aliphatic carbocycles. The molecule has 0 amide bonds. The van der Waals surface area contributed by atoms with Crippen LogP contribution in [0.5, 0.6) is 5.75 Å². The average molecular weight is 386 g/mol. The van der Waals surface area contributed by atoms with E-state index in [2.05, 4.69) is 19.7 Å². The van der Waals surface area contributed by atoms with Crippen molar-refractivity contribution in [2.45, 2.75) is 18.7 Å². The van der Waals surface area contributed by atoms with Crippen LogP contribution in [0.4, 0.5) is 10.2 Å². The second-order valence-corrected chi connectivity index (χ2v) is 7.50. The number of likely N-dealkylation sites (tertiary alicyclic amines) is 1. The van der Waals surface area contributed by atoms with Gasteiger partial charge in [0.15, 0.2) is 0 Å². The number of hydrogen-bond donors (Lipinski definition) is 1. The van der Waals surface area contributed by atoms with Crippen molar-refractivity contribution < 1.29 is 14.2 Å². The molecule has 2 saturated heterocycles. The maximum atomic E-state index is 13.4. The molecule has 0 bridgehead atoms. The topological polar surface area (TPSA) is 52.1 Å². The van der Waals surface area contributed by atoms with Gasteiger partial charge in [0.2, 0.25) is 0 Å². The van der Waals surface area contributed by atoms with Crippen molar-refractivity contribution in [2.75, 3.05) is 51.3 Å². The highest BCUT2D eigenvalue weighted by Gasteiger charge is 2.37. The van der Waals surface area contributed by atoms with Crippen LogP contribution in [0.1, 0.15) is 5.56 Å². The third kappa shape index (κ3) is 4.11. The summed E-state index contributed by atoms with van der Waals surface area (Å²) in [7, 11) is 1.56. The van der Waals surface area contributed by atoms with Crippen molar-refractivity contribution in [1.29, 1.82) is 0 Å². The number of aliphatic hydroxyl groups is 1. The minimum atomic E-state index is -0.382. The third-order valence-electron chi connectivity index (χ3n) is 5.73. The van der Waals surface area contributed by atoms with Crippen LogP contribution in [-0.2, 0) is 6.54 Å². The largest absolute Gasteiger partial charge is 0.496 e. The Morgan fingerprint density at radius 2 is 1.96 bits per heavy atom. The SMILES string of the molecule is COc1cc(F)ccc1CN1C[C@H](O)[C@@H](N2CCN(c3ccccn3)CC2)C1. The Morgan fingerprint density at radius 3 is 2.68 bits per heavy atom. The number of hydrogen-bond acceptors (Lipinski definition) is 6. The lowest BCUT2D eigenvalue weighted by atomic mass is 10.1. The van der Waals surface area contributed by atoms with Crippen molar-refractivity contribution in [3.05, 3.63) is 54.0 Å². The summed E-state index contributed by atoms with van der Waals surface area (Å²) < 4.78 is 18.7. The van der Waals surface area contributed by atoms with Gasteiger partial charge >= 0.3 is 0 Å². The number of pyridine rings is 1. The summed E-state index contributed by atoms with van der Waals surface area (Å²) in [6.07, 6.45) is 1.44. The Balaban J connectivity index is 1.35. The molecule has 3 heterocycles. The molecule has 2 fully saturated rings. The lowest BCUT2D eigenvalue weighted by Crippen LogP contribution is -2.53. The molecule has 1 aromatic carbocycles. The van der Waals surface area contributed by atoms with Crippen LogP contribution in [0, 0.1) is 5.82 Å². The molecule has 0 spiro atoms. The number of halogens is 1. The number of aromatic nitrogens is 1.